The Kier molecular flexibility index (Phi) is 12.0. The van der Waals surface area contributed by atoms with E-state index >= 15 is 0 Å². The van der Waals surface area contributed by atoms with Crippen molar-refractivity contribution in [3.05, 3.63) is 69.8 Å². The van der Waals surface area contributed by atoms with Crippen molar-refractivity contribution >= 4 is 6.79 Å². The number of aliphatic hydroxyl groups is 1. The van der Waals surface area contributed by atoms with Crippen molar-refractivity contribution < 1.29 is 9.90 Å². The minimum absolute atomic E-state index is 0.126. The van der Waals surface area contributed by atoms with E-state index in [1.54, 1.807) is 5.56 Å². The molecule has 2 fully saturated rings. The van der Waals surface area contributed by atoms with Gasteiger partial charge < -0.3 is 9.90 Å². The summed E-state index contributed by atoms with van der Waals surface area (Å²) < 4.78 is 0. The summed E-state index contributed by atoms with van der Waals surface area (Å²) in [6, 6.07) is 14.5. The van der Waals surface area contributed by atoms with Gasteiger partial charge in [-0.3, -0.25) is 0 Å². The SMILES string of the molecule is C=O.CC.CCCCc1ccc(Cc2cc(C3CC(O)CC(CC)C3)ccc2C2CC2)cc1C. The van der Waals surface area contributed by atoms with Crippen LogP contribution in [0.25, 0.3) is 0 Å². The van der Waals surface area contributed by atoms with Crippen LogP contribution in [0.3, 0.4) is 0 Å². The van der Waals surface area contributed by atoms with Gasteiger partial charge in [0.15, 0.2) is 0 Å². The smallest absolute Gasteiger partial charge is 0.106 e. The Morgan fingerprint density at radius 1 is 0.912 bits per heavy atom. The number of aliphatic hydroxyl groups excluding tert-OH is 1. The average Bonchev–Trinajstić information content (AvgIpc) is 3.71. The van der Waals surface area contributed by atoms with Gasteiger partial charge in [-0.05, 0) is 109 Å². The Hall–Kier alpha value is -1.93. The molecule has 0 saturated heterocycles. The van der Waals surface area contributed by atoms with Crippen molar-refractivity contribution in [2.24, 2.45) is 5.92 Å². The van der Waals surface area contributed by atoms with Gasteiger partial charge in [0.25, 0.3) is 0 Å². The zero-order valence-electron chi connectivity index (χ0n) is 22.4. The molecule has 0 spiro atoms. The lowest BCUT2D eigenvalue weighted by Crippen LogP contribution is -2.25. The first-order valence-corrected chi connectivity index (χ1v) is 13.7. The summed E-state index contributed by atoms with van der Waals surface area (Å²) in [6.45, 7) is 12.8. The summed E-state index contributed by atoms with van der Waals surface area (Å²) in [6.07, 6.45) is 11.7. The monoisotopic (exact) mass is 464 g/mol. The number of benzene rings is 2. The van der Waals surface area contributed by atoms with Crippen molar-refractivity contribution in [1.82, 2.24) is 0 Å². The predicted octanol–water partition coefficient (Wildman–Crippen LogP) is 8.30. The third-order valence-electron chi connectivity index (χ3n) is 7.61. The largest absolute Gasteiger partial charge is 0.393 e. The Balaban J connectivity index is 0.000000970. The lowest BCUT2D eigenvalue weighted by atomic mass is 9.75. The van der Waals surface area contributed by atoms with E-state index in [9.17, 15) is 5.11 Å². The zero-order chi connectivity index (χ0) is 25.1. The molecule has 2 nitrogen and oxygen atoms in total. The molecule has 0 amide bonds. The molecule has 3 atom stereocenters. The molecule has 3 unspecified atom stereocenters. The molecule has 2 aliphatic rings. The second-order valence-corrected chi connectivity index (χ2v) is 10.1. The van der Waals surface area contributed by atoms with Crippen LogP contribution in [0.1, 0.15) is 124 Å². The van der Waals surface area contributed by atoms with Crippen LogP contribution in [-0.4, -0.2) is 18.0 Å². The normalized spacial score (nSPS) is 21.6. The van der Waals surface area contributed by atoms with Crippen LogP contribution in [0.2, 0.25) is 0 Å². The minimum Gasteiger partial charge on any atom is -0.393 e. The third kappa shape index (κ3) is 7.80. The van der Waals surface area contributed by atoms with E-state index < -0.39 is 0 Å². The van der Waals surface area contributed by atoms with Gasteiger partial charge in [0.05, 0.1) is 6.10 Å². The van der Waals surface area contributed by atoms with Crippen molar-refractivity contribution in [2.45, 2.75) is 117 Å². The van der Waals surface area contributed by atoms with Crippen molar-refractivity contribution in [3.8, 4) is 0 Å². The maximum atomic E-state index is 10.4. The summed E-state index contributed by atoms with van der Waals surface area (Å²) in [5, 5.41) is 10.4. The molecule has 4 rings (SSSR count). The lowest BCUT2D eigenvalue weighted by Gasteiger charge is -2.32. The molecule has 2 heteroatoms. The van der Waals surface area contributed by atoms with Gasteiger partial charge in [-0.25, -0.2) is 0 Å². The molecular weight excluding hydrogens is 416 g/mol. The molecule has 1 N–H and O–H groups in total. The Morgan fingerprint density at radius 3 is 2.26 bits per heavy atom. The Bertz CT molecular complexity index is 867. The van der Waals surface area contributed by atoms with Crippen molar-refractivity contribution in [2.75, 3.05) is 0 Å². The van der Waals surface area contributed by atoms with Gasteiger partial charge >= 0.3 is 0 Å². The highest BCUT2D eigenvalue weighted by molar-refractivity contribution is 5.42. The summed E-state index contributed by atoms with van der Waals surface area (Å²) >= 11 is 0. The first kappa shape index (κ1) is 28.3. The highest BCUT2D eigenvalue weighted by atomic mass is 16.3. The second kappa shape index (κ2) is 14.5. The molecule has 0 radical (unpaired) electrons. The van der Waals surface area contributed by atoms with E-state index in [1.165, 1.54) is 72.8 Å². The summed E-state index contributed by atoms with van der Waals surface area (Å²) in [4.78, 5) is 8.00. The molecule has 2 aliphatic carbocycles. The molecule has 0 aliphatic heterocycles. The van der Waals surface area contributed by atoms with Gasteiger partial charge in [-0.2, -0.15) is 0 Å². The number of hydrogen-bond donors (Lipinski definition) is 1. The maximum Gasteiger partial charge on any atom is 0.106 e. The van der Waals surface area contributed by atoms with Crippen LogP contribution in [0.5, 0.6) is 0 Å². The highest BCUT2D eigenvalue weighted by Gasteiger charge is 2.30. The van der Waals surface area contributed by atoms with Gasteiger partial charge in [0.1, 0.15) is 6.79 Å². The van der Waals surface area contributed by atoms with Crippen molar-refractivity contribution in [1.29, 1.82) is 0 Å². The van der Waals surface area contributed by atoms with Crippen LogP contribution in [0.15, 0.2) is 36.4 Å². The van der Waals surface area contributed by atoms with E-state index in [0.717, 1.165) is 25.2 Å². The number of carbonyl (C=O) groups is 1. The molecule has 34 heavy (non-hydrogen) atoms. The summed E-state index contributed by atoms with van der Waals surface area (Å²) in [5.74, 6) is 1.96. The number of hydrogen-bond acceptors (Lipinski definition) is 2. The summed E-state index contributed by atoms with van der Waals surface area (Å²) in [5.41, 5.74) is 8.98. The fraction of sp³-hybridized carbons (Fsp3) is 0.594. The topological polar surface area (TPSA) is 37.3 Å². The minimum atomic E-state index is -0.126. The molecule has 0 bridgehead atoms. The van der Waals surface area contributed by atoms with Gasteiger partial charge in [0, 0.05) is 0 Å². The van der Waals surface area contributed by atoms with Crippen LogP contribution >= 0.6 is 0 Å². The molecule has 0 heterocycles. The van der Waals surface area contributed by atoms with Gasteiger partial charge in [0.2, 0.25) is 0 Å². The average molecular weight is 465 g/mol. The van der Waals surface area contributed by atoms with Crippen molar-refractivity contribution in [3.63, 3.8) is 0 Å². The molecule has 2 saturated carbocycles. The maximum absolute atomic E-state index is 10.4. The number of carbonyl (C=O) groups excluding carboxylic acids is 1. The molecule has 188 valence electrons. The predicted molar refractivity (Wildman–Crippen MR) is 146 cm³/mol. The zero-order valence-corrected chi connectivity index (χ0v) is 22.4. The van der Waals surface area contributed by atoms with E-state index in [0.29, 0.717) is 11.8 Å². The van der Waals surface area contributed by atoms with Crippen LogP contribution in [0, 0.1) is 12.8 Å². The number of aryl methyl sites for hydroxylation is 2. The Morgan fingerprint density at radius 2 is 1.65 bits per heavy atom. The molecule has 0 aromatic heterocycles. The third-order valence-corrected chi connectivity index (χ3v) is 7.61. The van der Waals surface area contributed by atoms with E-state index in [-0.39, 0.29) is 6.10 Å². The van der Waals surface area contributed by atoms with E-state index in [2.05, 4.69) is 57.2 Å². The first-order valence-electron chi connectivity index (χ1n) is 13.7. The quantitative estimate of drug-likeness (QED) is 0.426. The lowest BCUT2D eigenvalue weighted by molar-refractivity contribution is -0.0980. The second-order valence-electron chi connectivity index (χ2n) is 10.1. The molecular formula is C32H48O2. The van der Waals surface area contributed by atoms with Crippen LogP contribution in [0.4, 0.5) is 0 Å². The van der Waals surface area contributed by atoms with E-state index in [1.807, 2.05) is 20.6 Å². The summed E-state index contributed by atoms with van der Waals surface area (Å²) in [7, 11) is 0. The fourth-order valence-electron chi connectivity index (χ4n) is 5.57. The number of unbranched alkanes of at least 4 members (excludes halogenated alkanes) is 1. The standard InChI is InChI=1S/C29H40O.C2H6.CH2O/c1-4-6-7-23-9-8-22(14-20(23)3)16-27-18-25(12-13-29(27)24-10-11-24)26-15-21(5-2)17-28(30)19-26;2*1-2/h8-9,12-14,18,21,24,26,28,30H,4-7,10-11,15-17,19H2,1-3H3;1-2H3;1H2. The van der Waals surface area contributed by atoms with Crippen LogP contribution < -0.4 is 0 Å². The van der Waals surface area contributed by atoms with Gasteiger partial charge in [-0.1, -0.05) is 76.9 Å². The van der Waals surface area contributed by atoms with Crippen LogP contribution in [-0.2, 0) is 17.6 Å². The molecule has 2 aromatic rings. The van der Waals surface area contributed by atoms with E-state index in [4.69, 9.17) is 4.79 Å². The van der Waals surface area contributed by atoms with Gasteiger partial charge in [-0.15, -0.1) is 0 Å². The Labute approximate surface area is 209 Å². The highest BCUT2D eigenvalue weighted by Crippen LogP contribution is 2.44. The molecule has 2 aromatic carbocycles. The first-order chi connectivity index (χ1) is 16.6. The fourth-order valence-corrected chi connectivity index (χ4v) is 5.57. The number of rotatable bonds is 8.